The van der Waals surface area contributed by atoms with E-state index in [4.69, 9.17) is 4.74 Å². The van der Waals surface area contributed by atoms with E-state index in [1.165, 1.54) is 379 Å². The number of ether oxygens (including phenoxy) is 1. The van der Waals surface area contributed by atoms with Crippen LogP contribution >= 0.6 is 0 Å². The zero-order valence-corrected chi connectivity index (χ0v) is 56.3. The third kappa shape index (κ3) is 68.0. The number of nitrogens with one attached hydrogen (secondary N) is 1. The highest BCUT2D eigenvalue weighted by atomic mass is 16.5. The average molecular weight is 1160 g/mol. The zero-order valence-electron chi connectivity index (χ0n) is 56.3. The van der Waals surface area contributed by atoms with Gasteiger partial charge in [0, 0.05) is 12.8 Å². The minimum Gasteiger partial charge on any atom is -0.466 e. The number of amides is 1. The van der Waals surface area contributed by atoms with E-state index in [0.717, 1.165) is 38.5 Å². The zero-order chi connectivity index (χ0) is 59.2. The third-order valence-corrected chi connectivity index (χ3v) is 18.4. The maximum absolute atomic E-state index is 12.6. The Morgan fingerprint density at radius 1 is 0.293 bits per heavy atom. The van der Waals surface area contributed by atoms with Gasteiger partial charge in [-0.25, -0.2) is 0 Å². The van der Waals surface area contributed by atoms with Crippen molar-refractivity contribution in [3.63, 3.8) is 0 Å². The number of carbonyl (C=O) groups excluding carboxylic acids is 2. The maximum Gasteiger partial charge on any atom is 0.305 e. The average Bonchev–Trinajstić information content (AvgIpc) is 3.48. The summed E-state index contributed by atoms with van der Waals surface area (Å²) in [5.41, 5.74) is 0. The molecule has 3 N–H and O–H groups in total. The van der Waals surface area contributed by atoms with Crippen molar-refractivity contribution < 1.29 is 24.5 Å². The molecule has 0 aromatic heterocycles. The van der Waals surface area contributed by atoms with Gasteiger partial charge in [0.1, 0.15) is 0 Å². The Balaban J connectivity index is 3.32. The van der Waals surface area contributed by atoms with Gasteiger partial charge in [0.25, 0.3) is 0 Å². The second-order valence-electron chi connectivity index (χ2n) is 26.7. The molecule has 0 saturated carbocycles. The molecular weight excluding hydrogens is 1010 g/mol. The standard InChI is InChI=1S/C76H151NO5/c1-3-5-7-9-11-13-15-17-18-19-20-21-33-36-39-42-45-48-52-56-60-64-68-74(79)73(72-78)77-75(80)69-65-61-57-53-49-46-43-40-37-34-31-29-27-25-23-22-24-26-28-30-32-35-38-41-44-47-51-55-59-63-67-71-82-76(81)70-66-62-58-54-50-16-14-12-10-8-6-4-2/h73-74,78-79H,3-72H2,1-2H3,(H,77,80). The van der Waals surface area contributed by atoms with Gasteiger partial charge >= 0.3 is 5.97 Å². The number of unbranched alkanes of at least 4 members (excludes halogenated alkanes) is 62. The Hall–Kier alpha value is -1.14. The van der Waals surface area contributed by atoms with Crippen LogP contribution in [0.3, 0.4) is 0 Å². The van der Waals surface area contributed by atoms with Gasteiger partial charge in [-0.2, -0.15) is 0 Å². The fourth-order valence-electron chi connectivity index (χ4n) is 12.6. The smallest absolute Gasteiger partial charge is 0.305 e. The molecule has 0 aliphatic carbocycles. The Labute approximate surface area is 515 Å². The molecular formula is C76H151NO5. The van der Waals surface area contributed by atoms with Crippen molar-refractivity contribution in [2.75, 3.05) is 13.2 Å². The number of carbonyl (C=O) groups is 2. The van der Waals surface area contributed by atoms with Gasteiger partial charge in [0.05, 0.1) is 25.4 Å². The SMILES string of the molecule is CCCCCCCCCCCCCCCCCCCCCCCCC(O)C(CO)NC(=O)CCCCCCCCCCCCCCCCCCCCCCCCCCCCCCCCCOC(=O)CCCCCCCCCCCCCC. The van der Waals surface area contributed by atoms with Crippen molar-refractivity contribution in [2.24, 2.45) is 0 Å². The summed E-state index contributed by atoms with van der Waals surface area (Å²) in [6.45, 7) is 5.01. The summed E-state index contributed by atoms with van der Waals surface area (Å²) in [7, 11) is 0. The lowest BCUT2D eigenvalue weighted by Gasteiger charge is -2.22. The maximum atomic E-state index is 12.6. The molecule has 0 heterocycles. The molecule has 0 aromatic rings. The number of rotatable bonds is 73. The summed E-state index contributed by atoms with van der Waals surface area (Å²) in [6, 6.07) is -0.538. The Morgan fingerprint density at radius 2 is 0.500 bits per heavy atom. The molecule has 0 saturated heterocycles. The highest BCUT2D eigenvalue weighted by Crippen LogP contribution is 2.20. The molecule has 1 amide bonds. The van der Waals surface area contributed by atoms with E-state index in [1.54, 1.807) is 0 Å². The van der Waals surface area contributed by atoms with Crippen LogP contribution in [0.5, 0.6) is 0 Å². The fourth-order valence-corrected chi connectivity index (χ4v) is 12.6. The summed E-state index contributed by atoms with van der Waals surface area (Å²) in [5.74, 6) is -0.00189. The predicted molar refractivity (Wildman–Crippen MR) is 361 cm³/mol. The highest BCUT2D eigenvalue weighted by Gasteiger charge is 2.20. The molecule has 0 radical (unpaired) electrons. The summed E-state index contributed by atoms with van der Waals surface area (Å²) in [5, 5.41) is 23.5. The van der Waals surface area contributed by atoms with E-state index < -0.39 is 12.1 Å². The minimum absolute atomic E-state index is 0.0228. The first kappa shape index (κ1) is 80.9. The van der Waals surface area contributed by atoms with Gasteiger partial charge < -0.3 is 20.3 Å². The molecule has 0 fully saturated rings. The van der Waals surface area contributed by atoms with Gasteiger partial charge in [-0.1, -0.05) is 412 Å². The molecule has 0 aliphatic heterocycles. The summed E-state index contributed by atoms with van der Waals surface area (Å²) in [6.07, 6.45) is 89.0. The van der Waals surface area contributed by atoms with E-state index in [-0.39, 0.29) is 18.5 Å². The molecule has 490 valence electrons. The van der Waals surface area contributed by atoms with Gasteiger partial charge in [-0.05, 0) is 25.7 Å². The van der Waals surface area contributed by atoms with Gasteiger partial charge in [0.15, 0.2) is 0 Å². The van der Waals surface area contributed by atoms with Gasteiger partial charge in [0.2, 0.25) is 5.91 Å². The summed E-state index contributed by atoms with van der Waals surface area (Å²) < 4.78 is 5.49. The Morgan fingerprint density at radius 3 is 0.744 bits per heavy atom. The third-order valence-electron chi connectivity index (χ3n) is 18.4. The molecule has 0 rings (SSSR count). The van der Waals surface area contributed by atoms with Crippen molar-refractivity contribution in [1.82, 2.24) is 5.32 Å². The van der Waals surface area contributed by atoms with Crippen molar-refractivity contribution in [1.29, 1.82) is 0 Å². The van der Waals surface area contributed by atoms with E-state index in [9.17, 15) is 19.8 Å². The second-order valence-corrected chi connectivity index (χ2v) is 26.7. The minimum atomic E-state index is -0.661. The topological polar surface area (TPSA) is 95.9 Å². The van der Waals surface area contributed by atoms with Crippen LogP contribution in [0, 0.1) is 0 Å². The normalized spacial score (nSPS) is 12.4. The number of hydrogen-bond donors (Lipinski definition) is 3. The van der Waals surface area contributed by atoms with E-state index in [0.29, 0.717) is 25.9 Å². The van der Waals surface area contributed by atoms with Crippen LogP contribution in [-0.2, 0) is 14.3 Å². The lowest BCUT2D eigenvalue weighted by molar-refractivity contribution is -0.143. The molecule has 0 aromatic carbocycles. The van der Waals surface area contributed by atoms with Crippen molar-refractivity contribution in [2.45, 2.75) is 463 Å². The molecule has 6 nitrogen and oxygen atoms in total. The first-order valence-electron chi connectivity index (χ1n) is 38.3. The van der Waals surface area contributed by atoms with Gasteiger partial charge in [-0.15, -0.1) is 0 Å². The number of hydrogen-bond acceptors (Lipinski definition) is 5. The van der Waals surface area contributed by atoms with Gasteiger partial charge in [-0.3, -0.25) is 9.59 Å². The van der Waals surface area contributed by atoms with E-state index >= 15 is 0 Å². The monoisotopic (exact) mass is 1160 g/mol. The molecule has 2 atom stereocenters. The van der Waals surface area contributed by atoms with Crippen LogP contribution in [0.4, 0.5) is 0 Å². The lowest BCUT2D eigenvalue weighted by Crippen LogP contribution is -2.45. The second kappa shape index (κ2) is 72.3. The number of aliphatic hydroxyl groups excluding tert-OH is 2. The van der Waals surface area contributed by atoms with Crippen LogP contribution in [0.2, 0.25) is 0 Å². The first-order chi connectivity index (χ1) is 40.5. The summed E-state index contributed by atoms with van der Waals surface area (Å²) >= 11 is 0. The van der Waals surface area contributed by atoms with E-state index in [2.05, 4.69) is 19.2 Å². The van der Waals surface area contributed by atoms with Crippen LogP contribution in [0.1, 0.15) is 450 Å². The molecule has 0 aliphatic rings. The van der Waals surface area contributed by atoms with Crippen molar-refractivity contribution in [3.05, 3.63) is 0 Å². The molecule has 82 heavy (non-hydrogen) atoms. The molecule has 0 spiro atoms. The van der Waals surface area contributed by atoms with Crippen molar-refractivity contribution >= 4 is 11.9 Å². The quantitative estimate of drug-likeness (QED) is 0.0417. The van der Waals surface area contributed by atoms with Crippen LogP contribution in [0.15, 0.2) is 0 Å². The predicted octanol–water partition coefficient (Wildman–Crippen LogP) is 24.9. The number of esters is 1. The first-order valence-corrected chi connectivity index (χ1v) is 38.3. The fraction of sp³-hybridized carbons (Fsp3) is 0.974. The Kier molecular flexibility index (Phi) is 71.3. The largest absolute Gasteiger partial charge is 0.466 e. The lowest BCUT2D eigenvalue weighted by atomic mass is 10.0. The van der Waals surface area contributed by atoms with Crippen LogP contribution in [-0.4, -0.2) is 47.4 Å². The van der Waals surface area contributed by atoms with Crippen LogP contribution < -0.4 is 5.32 Å². The molecule has 2 unspecified atom stereocenters. The highest BCUT2D eigenvalue weighted by molar-refractivity contribution is 5.76. The Bertz CT molecular complexity index is 1200. The molecule has 0 bridgehead atoms. The summed E-state index contributed by atoms with van der Waals surface area (Å²) in [4.78, 5) is 24.6. The van der Waals surface area contributed by atoms with Crippen LogP contribution in [0.25, 0.3) is 0 Å². The molecule has 6 heteroatoms. The van der Waals surface area contributed by atoms with E-state index in [1.807, 2.05) is 0 Å². The van der Waals surface area contributed by atoms with Crippen molar-refractivity contribution in [3.8, 4) is 0 Å². The number of aliphatic hydroxyl groups is 2.